The molecule has 0 aliphatic carbocycles. The lowest BCUT2D eigenvalue weighted by Crippen LogP contribution is -2.02. The van der Waals surface area contributed by atoms with Crippen LogP contribution in [0.25, 0.3) is 5.57 Å². The van der Waals surface area contributed by atoms with Gasteiger partial charge in [-0.25, -0.2) is 4.79 Å². The van der Waals surface area contributed by atoms with E-state index in [9.17, 15) is 9.90 Å². The maximum Gasteiger partial charge on any atom is 0.331 e. The molecular weight excluding hydrogens is 248 g/mol. The number of aliphatic hydroxyl groups excluding tert-OH is 1. The Bertz CT molecular complexity index is 418. The smallest absolute Gasteiger partial charge is 0.331 e. The van der Waals surface area contributed by atoms with Crippen LogP contribution in [0.4, 0.5) is 0 Å². The van der Waals surface area contributed by atoms with Gasteiger partial charge in [-0.2, -0.15) is 0 Å². The minimum absolute atomic E-state index is 0.299. The van der Waals surface area contributed by atoms with Gasteiger partial charge in [0.15, 0.2) is 0 Å². The molecular formula is C14H20O3S. The summed E-state index contributed by atoms with van der Waals surface area (Å²) >= 11 is 1.61. The van der Waals surface area contributed by atoms with Gasteiger partial charge in [-0.05, 0) is 56.2 Å². The van der Waals surface area contributed by atoms with Crippen LogP contribution in [0.5, 0.6) is 0 Å². The summed E-state index contributed by atoms with van der Waals surface area (Å²) < 4.78 is 4.90. The lowest BCUT2D eigenvalue weighted by atomic mass is 10.1. The van der Waals surface area contributed by atoms with Crippen LogP contribution < -0.4 is 0 Å². The molecule has 0 radical (unpaired) electrons. The van der Waals surface area contributed by atoms with Gasteiger partial charge in [0, 0.05) is 11.0 Å². The number of rotatable bonds is 6. The fourth-order valence-electron chi connectivity index (χ4n) is 1.67. The predicted molar refractivity (Wildman–Crippen MR) is 74.6 cm³/mol. The molecule has 0 saturated carbocycles. The number of esters is 1. The molecule has 100 valence electrons. The number of carbonyl (C=O) groups is 1. The zero-order valence-corrected chi connectivity index (χ0v) is 11.9. The van der Waals surface area contributed by atoms with E-state index in [0.29, 0.717) is 6.61 Å². The molecule has 0 amide bonds. The van der Waals surface area contributed by atoms with Crippen molar-refractivity contribution in [2.24, 2.45) is 0 Å². The summed E-state index contributed by atoms with van der Waals surface area (Å²) in [5.41, 5.74) is 2.10. The largest absolute Gasteiger partial charge is 0.463 e. The van der Waals surface area contributed by atoms with E-state index < -0.39 is 0 Å². The van der Waals surface area contributed by atoms with Crippen LogP contribution in [0.15, 0.2) is 17.5 Å². The van der Waals surface area contributed by atoms with Crippen LogP contribution in [0.2, 0.25) is 0 Å². The lowest BCUT2D eigenvalue weighted by molar-refractivity contribution is -0.137. The van der Waals surface area contributed by atoms with E-state index in [2.05, 4.69) is 0 Å². The Morgan fingerprint density at radius 1 is 1.61 bits per heavy atom. The van der Waals surface area contributed by atoms with Crippen molar-refractivity contribution in [2.75, 3.05) is 6.61 Å². The van der Waals surface area contributed by atoms with Gasteiger partial charge in [0.05, 0.1) is 12.7 Å². The summed E-state index contributed by atoms with van der Waals surface area (Å²) in [6, 6.07) is 2.05. The highest BCUT2D eigenvalue weighted by molar-refractivity contribution is 7.11. The van der Waals surface area contributed by atoms with Crippen molar-refractivity contribution in [1.29, 1.82) is 0 Å². The highest BCUT2D eigenvalue weighted by atomic mass is 32.1. The third-order valence-corrected chi connectivity index (χ3v) is 3.65. The molecule has 1 aromatic rings. The number of aryl methyl sites for hydroxylation is 1. The van der Waals surface area contributed by atoms with Crippen LogP contribution in [0.3, 0.4) is 0 Å². The average Bonchev–Trinajstić information content (AvgIpc) is 2.74. The SMILES string of the molecule is CCOC(=O)C=C(C)c1sccc1CCC(C)O. The van der Waals surface area contributed by atoms with Crippen molar-refractivity contribution in [1.82, 2.24) is 0 Å². The number of allylic oxidation sites excluding steroid dienone is 1. The first-order valence-corrected chi connectivity index (χ1v) is 7.02. The number of ether oxygens (including phenoxy) is 1. The second-order valence-corrected chi connectivity index (χ2v) is 5.16. The van der Waals surface area contributed by atoms with E-state index in [1.165, 1.54) is 11.6 Å². The Morgan fingerprint density at radius 3 is 2.94 bits per heavy atom. The predicted octanol–water partition coefficient (Wildman–Crippen LogP) is 3.03. The Kier molecular flexibility index (Phi) is 6.09. The van der Waals surface area contributed by atoms with Crippen LogP contribution >= 0.6 is 11.3 Å². The Balaban J connectivity index is 2.76. The normalized spacial score (nSPS) is 13.4. The highest BCUT2D eigenvalue weighted by Crippen LogP contribution is 2.26. The van der Waals surface area contributed by atoms with E-state index in [1.807, 2.05) is 18.4 Å². The van der Waals surface area contributed by atoms with Gasteiger partial charge in [0.1, 0.15) is 0 Å². The maximum absolute atomic E-state index is 11.4. The zero-order chi connectivity index (χ0) is 13.5. The summed E-state index contributed by atoms with van der Waals surface area (Å²) in [5.74, 6) is -0.301. The Labute approximate surface area is 112 Å². The van der Waals surface area contributed by atoms with E-state index >= 15 is 0 Å². The standard InChI is InChI=1S/C14H20O3S/c1-4-17-13(16)9-10(2)14-12(7-8-18-14)6-5-11(3)15/h7-9,11,15H,4-6H2,1-3H3. The number of thiophene rings is 1. The summed E-state index contributed by atoms with van der Waals surface area (Å²) in [4.78, 5) is 12.5. The molecule has 1 atom stereocenters. The number of aliphatic hydroxyl groups is 1. The van der Waals surface area contributed by atoms with Gasteiger partial charge in [-0.3, -0.25) is 0 Å². The summed E-state index contributed by atoms with van der Waals surface area (Å²) in [6.45, 7) is 5.88. The van der Waals surface area contributed by atoms with Gasteiger partial charge in [0.25, 0.3) is 0 Å². The molecule has 1 aromatic heterocycles. The number of carbonyl (C=O) groups excluding carboxylic acids is 1. The first kappa shape index (κ1) is 14.9. The van der Waals surface area contributed by atoms with Gasteiger partial charge in [0.2, 0.25) is 0 Å². The van der Waals surface area contributed by atoms with Crippen molar-refractivity contribution in [2.45, 2.75) is 39.7 Å². The molecule has 0 bridgehead atoms. The van der Waals surface area contributed by atoms with Crippen molar-refractivity contribution < 1.29 is 14.6 Å². The van der Waals surface area contributed by atoms with E-state index in [0.717, 1.165) is 23.3 Å². The molecule has 1 unspecified atom stereocenters. The van der Waals surface area contributed by atoms with Gasteiger partial charge in [-0.1, -0.05) is 0 Å². The first-order chi connectivity index (χ1) is 8.54. The molecule has 0 aliphatic heterocycles. The third-order valence-electron chi connectivity index (χ3n) is 2.56. The molecule has 3 nitrogen and oxygen atoms in total. The Hall–Kier alpha value is -1.13. The number of hydrogen-bond acceptors (Lipinski definition) is 4. The molecule has 18 heavy (non-hydrogen) atoms. The zero-order valence-electron chi connectivity index (χ0n) is 11.1. The topological polar surface area (TPSA) is 46.5 Å². The third kappa shape index (κ3) is 4.63. The van der Waals surface area contributed by atoms with E-state index in [1.54, 1.807) is 25.2 Å². The second kappa shape index (κ2) is 7.34. The fourth-order valence-corrected chi connectivity index (χ4v) is 2.60. The molecule has 0 aliphatic rings. The molecule has 1 N–H and O–H groups in total. The minimum Gasteiger partial charge on any atom is -0.463 e. The fraction of sp³-hybridized carbons (Fsp3) is 0.500. The first-order valence-electron chi connectivity index (χ1n) is 6.14. The molecule has 0 fully saturated rings. The van der Waals surface area contributed by atoms with Gasteiger partial charge in [-0.15, -0.1) is 11.3 Å². The van der Waals surface area contributed by atoms with Crippen LogP contribution in [0.1, 0.15) is 37.6 Å². The van der Waals surface area contributed by atoms with Crippen molar-refractivity contribution in [3.63, 3.8) is 0 Å². The monoisotopic (exact) mass is 268 g/mol. The van der Waals surface area contributed by atoms with E-state index in [4.69, 9.17) is 4.74 Å². The quantitative estimate of drug-likeness (QED) is 0.637. The minimum atomic E-state index is -0.301. The average molecular weight is 268 g/mol. The number of hydrogen-bond donors (Lipinski definition) is 1. The van der Waals surface area contributed by atoms with Crippen LogP contribution in [-0.2, 0) is 16.0 Å². The van der Waals surface area contributed by atoms with Crippen molar-refractivity contribution >= 4 is 22.9 Å². The summed E-state index contributed by atoms with van der Waals surface area (Å²) in [7, 11) is 0. The van der Waals surface area contributed by atoms with E-state index in [-0.39, 0.29) is 12.1 Å². The lowest BCUT2D eigenvalue weighted by Gasteiger charge is -2.06. The Morgan fingerprint density at radius 2 is 2.33 bits per heavy atom. The summed E-state index contributed by atoms with van der Waals surface area (Å²) in [5, 5.41) is 11.3. The van der Waals surface area contributed by atoms with Crippen molar-refractivity contribution in [3.8, 4) is 0 Å². The van der Waals surface area contributed by atoms with Crippen molar-refractivity contribution in [3.05, 3.63) is 28.0 Å². The second-order valence-electron chi connectivity index (χ2n) is 4.24. The molecule has 4 heteroatoms. The molecule has 1 rings (SSSR count). The highest BCUT2D eigenvalue weighted by Gasteiger charge is 2.09. The van der Waals surface area contributed by atoms with Gasteiger partial charge < -0.3 is 9.84 Å². The molecule has 0 aromatic carbocycles. The molecule has 0 saturated heterocycles. The van der Waals surface area contributed by atoms with Crippen LogP contribution in [0, 0.1) is 0 Å². The molecule has 0 spiro atoms. The summed E-state index contributed by atoms with van der Waals surface area (Å²) in [6.07, 6.45) is 2.79. The molecule has 1 heterocycles. The maximum atomic E-state index is 11.4. The van der Waals surface area contributed by atoms with Gasteiger partial charge >= 0.3 is 5.97 Å². The van der Waals surface area contributed by atoms with Crippen LogP contribution in [-0.4, -0.2) is 23.8 Å².